The Balaban J connectivity index is 1.29. The van der Waals surface area contributed by atoms with Gasteiger partial charge in [0.15, 0.2) is 0 Å². The zero-order valence-corrected chi connectivity index (χ0v) is 20.5. The molecule has 0 atom stereocenters. The van der Waals surface area contributed by atoms with Crippen molar-refractivity contribution in [2.75, 3.05) is 6.61 Å². The summed E-state index contributed by atoms with van der Waals surface area (Å²) < 4.78 is 12.7. The van der Waals surface area contributed by atoms with Gasteiger partial charge in [-0.05, 0) is 48.5 Å². The highest BCUT2D eigenvalue weighted by Crippen LogP contribution is 2.38. The maximum atomic E-state index is 6.23. The molecule has 0 saturated carbocycles. The molecule has 0 bridgehead atoms. The van der Waals surface area contributed by atoms with Crippen molar-refractivity contribution in [1.29, 1.82) is 0 Å². The molecule has 8 rings (SSSR count). The van der Waals surface area contributed by atoms with E-state index in [4.69, 9.17) is 9.72 Å². The summed E-state index contributed by atoms with van der Waals surface area (Å²) in [5.41, 5.74) is 7.55. The van der Waals surface area contributed by atoms with Gasteiger partial charge in [-0.25, -0.2) is 9.67 Å². The highest BCUT2D eigenvalue weighted by atomic mass is 16.5. The van der Waals surface area contributed by atoms with E-state index in [0.717, 1.165) is 39.9 Å². The molecule has 4 heterocycles. The zero-order valence-electron chi connectivity index (χ0n) is 20.5. The van der Waals surface area contributed by atoms with E-state index in [0.29, 0.717) is 13.2 Å². The molecule has 3 aromatic heterocycles. The molecule has 0 unspecified atom stereocenters. The number of benzene rings is 4. The summed E-state index contributed by atoms with van der Waals surface area (Å²) in [6, 6.07) is 35.9. The SMILES string of the molecule is c1ccc(-n2ncc3c2OCCn2c-3cnc2-c2ccc3c(c2)c2ccccc2n3-c2ccccc2)cc1. The smallest absolute Gasteiger partial charge is 0.226 e. The third kappa shape index (κ3) is 3.07. The van der Waals surface area contributed by atoms with Crippen LogP contribution in [0.4, 0.5) is 0 Å². The first-order valence-corrected chi connectivity index (χ1v) is 12.8. The van der Waals surface area contributed by atoms with Gasteiger partial charge < -0.3 is 13.9 Å². The third-order valence-electron chi connectivity index (χ3n) is 7.36. The molecular formula is C32H23N5O. The molecule has 6 heteroatoms. The maximum Gasteiger partial charge on any atom is 0.226 e. The molecule has 6 nitrogen and oxygen atoms in total. The summed E-state index contributed by atoms with van der Waals surface area (Å²) in [6.07, 6.45) is 3.82. The monoisotopic (exact) mass is 493 g/mol. The average Bonchev–Trinajstić information content (AvgIpc) is 3.64. The molecule has 0 aliphatic carbocycles. The Morgan fingerprint density at radius 3 is 2.26 bits per heavy atom. The van der Waals surface area contributed by atoms with Crippen molar-refractivity contribution in [1.82, 2.24) is 23.9 Å². The Kier molecular flexibility index (Phi) is 4.54. The summed E-state index contributed by atoms with van der Waals surface area (Å²) in [6.45, 7) is 1.25. The molecule has 38 heavy (non-hydrogen) atoms. The van der Waals surface area contributed by atoms with Crippen LogP contribution >= 0.6 is 0 Å². The van der Waals surface area contributed by atoms with Crippen molar-refractivity contribution in [3.8, 4) is 39.9 Å². The van der Waals surface area contributed by atoms with Crippen molar-refractivity contribution in [3.05, 3.63) is 116 Å². The summed E-state index contributed by atoms with van der Waals surface area (Å²) >= 11 is 0. The molecule has 182 valence electrons. The zero-order chi connectivity index (χ0) is 25.1. The lowest BCUT2D eigenvalue weighted by molar-refractivity contribution is 0.287. The summed E-state index contributed by atoms with van der Waals surface area (Å²) in [7, 11) is 0. The van der Waals surface area contributed by atoms with Crippen LogP contribution in [0.1, 0.15) is 0 Å². The Morgan fingerprint density at radius 2 is 1.42 bits per heavy atom. The Morgan fingerprint density at radius 1 is 0.684 bits per heavy atom. The predicted molar refractivity (Wildman–Crippen MR) is 150 cm³/mol. The van der Waals surface area contributed by atoms with E-state index in [-0.39, 0.29) is 0 Å². The van der Waals surface area contributed by atoms with E-state index >= 15 is 0 Å². The van der Waals surface area contributed by atoms with Crippen molar-refractivity contribution in [2.45, 2.75) is 6.54 Å². The van der Waals surface area contributed by atoms with E-state index in [1.807, 2.05) is 47.4 Å². The first-order valence-electron chi connectivity index (χ1n) is 12.8. The second-order valence-electron chi connectivity index (χ2n) is 9.50. The standard InChI is InChI=1S/C32H23N5O/c1-3-9-23(10-4-1)36-28-14-8-7-13-25(28)26-19-22(15-16-29(26)36)31-33-21-30-27-20-34-37(24-11-5-2-6-12-24)32(27)38-18-17-35(30)31/h1-16,19-21H,17-18H2. The van der Waals surface area contributed by atoms with Gasteiger partial charge in [-0.2, -0.15) is 5.10 Å². The Hall–Kier alpha value is -5.10. The lowest BCUT2D eigenvalue weighted by Crippen LogP contribution is -2.09. The average molecular weight is 494 g/mol. The molecule has 4 aromatic carbocycles. The number of hydrogen-bond donors (Lipinski definition) is 0. The van der Waals surface area contributed by atoms with Gasteiger partial charge in [-0.3, -0.25) is 0 Å². The first kappa shape index (κ1) is 21.0. The van der Waals surface area contributed by atoms with E-state index in [9.17, 15) is 0 Å². The summed E-state index contributed by atoms with van der Waals surface area (Å²) in [4.78, 5) is 4.91. The van der Waals surface area contributed by atoms with Crippen LogP contribution in [0.5, 0.6) is 5.88 Å². The highest BCUT2D eigenvalue weighted by Gasteiger charge is 2.24. The van der Waals surface area contributed by atoms with Crippen molar-refractivity contribution < 1.29 is 4.74 Å². The van der Waals surface area contributed by atoms with Gasteiger partial charge in [0, 0.05) is 22.0 Å². The quantitative estimate of drug-likeness (QED) is 0.269. The number of imidazole rings is 1. The minimum atomic E-state index is 0.539. The summed E-state index contributed by atoms with van der Waals surface area (Å²) in [5.74, 6) is 1.69. The van der Waals surface area contributed by atoms with E-state index in [2.05, 4.69) is 87.0 Å². The molecule has 0 radical (unpaired) electrons. The predicted octanol–water partition coefficient (Wildman–Crippen LogP) is 6.89. The van der Waals surface area contributed by atoms with Crippen molar-refractivity contribution in [3.63, 3.8) is 0 Å². The second-order valence-corrected chi connectivity index (χ2v) is 9.50. The number of hydrogen-bond acceptors (Lipinski definition) is 3. The lowest BCUT2D eigenvalue weighted by atomic mass is 10.1. The summed E-state index contributed by atoms with van der Waals surface area (Å²) in [5, 5.41) is 7.08. The number of para-hydroxylation sites is 3. The molecule has 0 saturated heterocycles. The van der Waals surface area contributed by atoms with Crippen LogP contribution < -0.4 is 4.74 Å². The highest BCUT2D eigenvalue weighted by molar-refractivity contribution is 6.10. The molecule has 1 aliphatic rings. The van der Waals surface area contributed by atoms with Crippen molar-refractivity contribution in [2.24, 2.45) is 0 Å². The molecule has 0 fully saturated rings. The van der Waals surface area contributed by atoms with Crippen LogP contribution in [0.25, 0.3) is 55.8 Å². The van der Waals surface area contributed by atoms with E-state index in [1.54, 1.807) is 0 Å². The maximum absolute atomic E-state index is 6.23. The fourth-order valence-corrected chi connectivity index (χ4v) is 5.65. The minimum Gasteiger partial charge on any atom is -0.475 e. The third-order valence-corrected chi connectivity index (χ3v) is 7.36. The second kappa shape index (κ2) is 8.21. The van der Waals surface area contributed by atoms with Gasteiger partial charge >= 0.3 is 0 Å². The van der Waals surface area contributed by atoms with Gasteiger partial charge in [0.1, 0.15) is 12.4 Å². The Bertz CT molecular complexity index is 1950. The van der Waals surface area contributed by atoms with Gasteiger partial charge in [-0.1, -0.05) is 54.6 Å². The van der Waals surface area contributed by atoms with Gasteiger partial charge in [-0.15, -0.1) is 0 Å². The van der Waals surface area contributed by atoms with Gasteiger partial charge in [0.25, 0.3) is 0 Å². The van der Waals surface area contributed by atoms with E-state index < -0.39 is 0 Å². The number of rotatable bonds is 3. The molecular weight excluding hydrogens is 470 g/mol. The normalized spacial score (nSPS) is 12.7. The molecule has 0 amide bonds. The van der Waals surface area contributed by atoms with Crippen LogP contribution in [-0.2, 0) is 6.54 Å². The van der Waals surface area contributed by atoms with Crippen LogP contribution in [0.2, 0.25) is 0 Å². The molecule has 0 spiro atoms. The fourth-order valence-electron chi connectivity index (χ4n) is 5.65. The topological polar surface area (TPSA) is 49.8 Å². The Labute approximate surface area is 219 Å². The van der Waals surface area contributed by atoms with Crippen LogP contribution in [0, 0.1) is 0 Å². The number of fused-ring (bicyclic) bond motifs is 6. The van der Waals surface area contributed by atoms with E-state index in [1.165, 1.54) is 21.8 Å². The van der Waals surface area contributed by atoms with Crippen LogP contribution in [0.15, 0.2) is 116 Å². The van der Waals surface area contributed by atoms with Crippen LogP contribution in [-0.4, -0.2) is 30.5 Å². The molecule has 7 aromatic rings. The largest absolute Gasteiger partial charge is 0.475 e. The first-order chi connectivity index (χ1) is 18.9. The number of ether oxygens (including phenoxy) is 1. The molecule has 0 N–H and O–H groups in total. The van der Waals surface area contributed by atoms with Crippen LogP contribution in [0.3, 0.4) is 0 Å². The fraction of sp³-hybridized carbons (Fsp3) is 0.0625. The van der Waals surface area contributed by atoms with Gasteiger partial charge in [0.2, 0.25) is 5.88 Å². The number of nitrogens with zero attached hydrogens (tertiary/aromatic N) is 5. The van der Waals surface area contributed by atoms with Crippen molar-refractivity contribution >= 4 is 21.8 Å². The lowest BCUT2D eigenvalue weighted by Gasteiger charge is -2.10. The minimum absolute atomic E-state index is 0.539. The molecule has 1 aliphatic heterocycles. The van der Waals surface area contributed by atoms with Gasteiger partial charge in [0.05, 0.1) is 46.9 Å². The number of aromatic nitrogens is 5.